The summed E-state index contributed by atoms with van der Waals surface area (Å²) in [6, 6.07) is 1.44. The fourth-order valence-corrected chi connectivity index (χ4v) is 1.71. The molecule has 5 heteroatoms. The van der Waals surface area contributed by atoms with Gasteiger partial charge >= 0.3 is 5.97 Å². The highest BCUT2D eigenvalue weighted by atomic mass is 35.5. The van der Waals surface area contributed by atoms with Crippen molar-refractivity contribution >= 4 is 17.6 Å². The number of halogens is 1. The summed E-state index contributed by atoms with van der Waals surface area (Å²) in [4.78, 5) is 10.9. The summed E-state index contributed by atoms with van der Waals surface area (Å²) in [5.74, 6) is -0.189. The third kappa shape index (κ3) is 1.61. The second-order valence-corrected chi connectivity index (χ2v) is 3.57. The minimum absolute atomic E-state index is 0.143. The van der Waals surface area contributed by atoms with Gasteiger partial charge in [-0.3, -0.25) is 0 Å². The van der Waals surface area contributed by atoms with Crippen LogP contribution in [0.4, 0.5) is 0 Å². The van der Waals surface area contributed by atoms with Crippen molar-refractivity contribution in [2.75, 3.05) is 13.2 Å². The minimum Gasteiger partial charge on any atom is -0.486 e. The maximum absolute atomic E-state index is 10.9. The molecule has 1 N–H and O–H groups in total. The zero-order valence-electron chi connectivity index (χ0n) is 8.04. The van der Waals surface area contributed by atoms with E-state index in [1.807, 2.05) is 0 Å². The standard InChI is InChI=1S/C10H9ClO4/c1-5-6(10(12)13)4-7-9(8(5)11)15-3-2-14-7/h4H,2-3H2,1H3,(H,12,13). The maximum Gasteiger partial charge on any atom is 0.336 e. The van der Waals surface area contributed by atoms with Gasteiger partial charge in [0.1, 0.15) is 13.2 Å². The summed E-state index contributed by atoms with van der Waals surface area (Å²) in [5.41, 5.74) is 0.637. The molecule has 0 radical (unpaired) electrons. The fourth-order valence-electron chi connectivity index (χ4n) is 1.46. The van der Waals surface area contributed by atoms with Crippen LogP contribution in [-0.2, 0) is 0 Å². The van der Waals surface area contributed by atoms with Crippen molar-refractivity contribution in [2.24, 2.45) is 0 Å². The number of carbonyl (C=O) groups is 1. The van der Waals surface area contributed by atoms with E-state index in [1.165, 1.54) is 6.07 Å². The van der Waals surface area contributed by atoms with Gasteiger partial charge in [-0.1, -0.05) is 11.6 Å². The van der Waals surface area contributed by atoms with Crippen LogP contribution in [-0.4, -0.2) is 24.3 Å². The molecule has 1 heterocycles. The lowest BCUT2D eigenvalue weighted by atomic mass is 10.1. The van der Waals surface area contributed by atoms with E-state index in [4.69, 9.17) is 26.2 Å². The van der Waals surface area contributed by atoms with Gasteiger partial charge in [-0.2, -0.15) is 0 Å². The first-order chi connectivity index (χ1) is 7.11. The third-order valence-corrected chi connectivity index (χ3v) is 2.70. The van der Waals surface area contributed by atoms with E-state index in [0.717, 1.165) is 0 Å². The molecule has 4 nitrogen and oxygen atoms in total. The molecule has 15 heavy (non-hydrogen) atoms. The van der Waals surface area contributed by atoms with Gasteiger partial charge in [-0.25, -0.2) is 4.79 Å². The van der Waals surface area contributed by atoms with Gasteiger partial charge in [0.05, 0.1) is 10.6 Å². The van der Waals surface area contributed by atoms with Gasteiger partial charge in [0.2, 0.25) is 0 Å². The Labute approximate surface area is 91.4 Å². The summed E-state index contributed by atoms with van der Waals surface area (Å²) in [7, 11) is 0. The van der Waals surface area contributed by atoms with Gasteiger partial charge < -0.3 is 14.6 Å². The highest BCUT2D eigenvalue weighted by Gasteiger charge is 2.22. The normalized spacial score (nSPS) is 13.7. The average Bonchev–Trinajstić information content (AvgIpc) is 2.23. The molecular weight excluding hydrogens is 220 g/mol. The molecule has 0 aromatic heterocycles. The van der Waals surface area contributed by atoms with Crippen LogP contribution in [0, 0.1) is 6.92 Å². The molecule has 0 fully saturated rings. The molecule has 1 aromatic carbocycles. The van der Waals surface area contributed by atoms with Crippen LogP contribution in [0.25, 0.3) is 0 Å². The Morgan fingerprint density at radius 3 is 2.80 bits per heavy atom. The van der Waals surface area contributed by atoms with E-state index in [0.29, 0.717) is 35.3 Å². The lowest BCUT2D eigenvalue weighted by Crippen LogP contribution is -2.17. The Morgan fingerprint density at radius 2 is 2.13 bits per heavy atom. The fraction of sp³-hybridized carbons (Fsp3) is 0.300. The van der Waals surface area contributed by atoms with Crippen molar-refractivity contribution in [1.82, 2.24) is 0 Å². The molecule has 80 valence electrons. The zero-order chi connectivity index (χ0) is 11.0. The number of ether oxygens (including phenoxy) is 2. The van der Waals surface area contributed by atoms with Crippen LogP contribution < -0.4 is 9.47 Å². The second-order valence-electron chi connectivity index (χ2n) is 3.19. The van der Waals surface area contributed by atoms with Gasteiger partial charge in [0.25, 0.3) is 0 Å². The first-order valence-corrected chi connectivity index (χ1v) is 4.81. The number of carboxylic acid groups (broad SMARTS) is 1. The Kier molecular flexibility index (Phi) is 2.44. The van der Waals surface area contributed by atoms with Crippen molar-refractivity contribution in [3.8, 4) is 11.5 Å². The number of rotatable bonds is 1. The molecule has 0 saturated carbocycles. The number of fused-ring (bicyclic) bond motifs is 1. The molecular formula is C10H9ClO4. The van der Waals surface area contributed by atoms with Gasteiger partial charge in [-0.15, -0.1) is 0 Å². The number of hydrogen-bond acceptors (Lipinski definition) is 3. The molecule has 0 saturated heterocycles. The van der Waals surface area contributed by atoms with E-state index in [2.05, 4.69) is 0 Å². The predicted molar refractivity (Wildman–Crippen MR) is 54.1 cm³/mol. The molecule has 1 aliphatic heterocycles. The summed E-state index contributed by atoms with van der Waals surface area (Å²) >= 11 is 5.99. The van der Waals surface area contributed by atoms with Gasteiger partial charge in [0.15, 0.2) is 11.5 Å². The van der Waals surface area contributed by atoms with E-state index >= 15 is 0 Å². The smallest absolute Gasteiger partial charge is 0.336 e. The summed E-state index contributed by atoms with van der Waals surface area (Å²) < 4.78 is 10.6. The lowest BCUT2D eigenvalue weighted by molar-refractivity contribution is 0.0695. The van der Waals surface area contributed by atoms with Crippen molar-refractivity contribution in [3.05, 3.63) is 22.2 Å². The summed E-state index contributed by atoms with van der Waals surface area (Å²) in [6.45, 7) is 2.48. The highest BCUT2D eigenvalue weighted by molar-refractivity contribution is 6.33. The van der Waals surface area contributed by atoms with Crippen LogP contribution in [0.5, 0.6) is 11.5 Å². The molecule has 0 atom stereocenters. The number of hydrogen-bond donors (Lipinski definition) is 1. The van der Waals surface area contributed by atoms with E-state index in [9.17, 15) is 4.79 Å². The Bertz CT molecular complexity index is 428. The van der Waals surface area contributed by atoms with Gasteiger partial charge in [-0.05, 0) is 18.6 Å². The molecule has 1 aromatic rings. The van der Waals surface area contributed by atoms with E-state index in [-0.39, 0.29) is 5.56 Å². The molecule has 0 amide bonds. The van der Waals surface area contributed by atoms with Crippen molar-refractivity contribution in [1.29, 1.82) is 0 Å². The topological polar surface area (TPSA) is 55.8 Å². The Morgan fingerprint density at radius 1 is 1.47 bits per heavy atom. The van der Waals surface area contributed by atoms with Crippen LogP contribution in [0.2, 0.25) is 5.02 Å². The zero-order valence-corrected chi connectivity index (χ0v) is 8.80. The van der Waals surface area contributed by atoms with E-state index in [1.54, 1.807) is 6.92 Å². The number of benzene rings is 1. The average molecular weight is 229 g/mol. The first-order valence-electron chi connectivity index (χ1n) is 4.43. The summed E-state index contributed by atoms with van der Waals surface area (Å²) in [5, 5.41) is 9.25. The van der Waals surface area contributed by atoms with Crippen LogP contribution >= 0.6 is 11.6 Å². The van der Waals surface area contributed by atoms with Crippen molar-refractivity contribution < 1.29 is 19.4 Å². The van der Waals surface area contributed by atoms with Crippen molar-refractivity contribution in [3.63, 3.8) is 0 Å². The molecule has 0 bridgehead atoms. The lowest BCUT2D eigenvalue weighted by Gasteiger charge is -2.21. The first kappa shape index (κ1) is 10.1. The Balaban J connectivity index is 2.63. The Hall–Kier alpha value is -1.42. The van der Waals surface area contributed by atoms with Crippen LogP contribution in [0.3, 0.4) is 0 Å². The predicted octanol–water partition coefficient (Wildman–Crippen LogP) is 2.12. The maximum atomic E-state index is 10.9. The van der Waals surface area contributed by atoms with Crippen LogP contribution in [0.15, 0.2) is 6.07 Å². The SMILES string of the molecule is Cc1c(C(=O)O)cc2c(c1Cl)OCCO2. The molecule has 0 unspecified atom stereocenters. The minimum atomic E-state index is -1.02. The van der Waals surface area contributed by atoms with E-state index < -0.39 is 5.97 Å². The molecule has 0 spiro atoms. The largest absolute Gasteiger partial charge is 0.486 e. The van der Waals surface area contributed by atoms with Crippen molar-refractivity contribution in [2.45, 2.75) is 6.92 Å². The highest BCUT2D eigenvalue weighted by Crippen LogP contribution is 2.40. The quantitative estimate of drug-likeness (QED) is 0.800. The number of carboxylic acids is 1. The third-order valence-electron chi connectivity index (χ3n) is 2.25. The monoisotopic (exact) mass is 228 g/mol. The molecule has 2 rings (SSSR count). The number of aromatic carboxylic acids is 1. The molecule has 1 aliphatic rings. The molecule has 0 aliphatic carbocycles. The van der Waals surface area contributed by atoms with Crippen LogP contribution in [0.1, 0.15) is 15.9 Å². The summed E-state index contributed by atoms with van der Waals surface area (Å²) in [6.07, 6.45) is 0. The second kappa shape index (κ2) is 3.62. The van der Waals surface area contributed by atoms with Gasteiger partial charge in [0, 0.05) is 0 Å².